The van der Waals surface area contributed by atoms with Crippen molar-refractivity contribution >= 4 is 11.8 Å². The summed E-state index contributed by atoms with van der Waals surface area (Å²) in [5.41, 5.74) is 2.92. The normalized spacial score (nSPS) is 20.2. The molecule has 2 aromatic rings. The van der Waals surface area contributed by atoms with Gasteiger partial charge < -0.3 is 10.2 Å². The number of aromatic nitrogens is 2. The summed E-state index contributed by atoms with van der Waals surface area (Å²) < 4.78 is 0. The highest BCUT2D eigenvalue weighted by Crippen LogP contribution is 2.28. The number of fused-ring (bicyclic) bond motifs is 1. The maximum atomic E-state index is 12.4. The van der Waals surface area contributed by atoms with E-state index >= 15 is 0 Å². The van der Waals surface area contributed by atoms with E-state index in [1.54, 1.807) is 0 Å². The van der Waals surface area contributed by atoms with E-state index in [-0.39, 0.29) is 29.6 Å². The van der Waals surface area contributed by atoms with Gasteiger partial charge in [-0.05, 0) is 24.0 Å². The molecule has 122 valence electrons. The van der Waals surface area contributed by atoms with Gasteiger partial charge in [-0.15, -0.1) is 0 Å². The predicted octanol–water partition coefficient (Wildman–Crippen LogP) is 0.975. The van der Waals surface area contributed by atoms with Crippen molar-refractivity contribution in [2.24, 2.45) is 0 Å². The molecular weight excluding hydrogens is 304 g/mol. The number of benzene rings is 1. The molecular formula is C18H18N4O2. The Labute approximate surface area is 139 Å². The Morgan fingerprint density at radius 3 is 2.54 bits per heavy atom. The van der Waals surface area contributed by atoms with Crippen molar-refractivity contribution in [3.63, 3.8) is 0 Å². The fourth-order valence-electron chi connectivity index (χ4n) is 3.61. The molecule has 24 heavy (non-hydrogen) atoms. The summed E-state index contributed by atoms with van der Waals surface area (Å²) in [6.45, 7) is 0.559. The average molecular weight is 322 g/mol. The van der Waals surface area contributed by atoms with E-state index in [1.165, 1.54) is 29.7 Å². The SMILES string of the molecule is O=C(NC1CC(=O)N(C2Cc3ccccc3C2)C1)c1cnccn1. The Morgan fingerprint density at radius 1 is 1.12 bits per heavy atom. The number of hydrogen-bond donors (Lipinski definition) is 1. The third-order valence-corrected chi connectivity index (χ3v) is 4.76. The number of carbonyl (C=O) groups is 2. The average Bonchev–Trinajstić information content (AvgIpc) is 3.18. The van der Waals surface area contributed by atoms with E-state index < -0.39 is 0 Å². The van der Waals surface area contributed by atoms with Crippen LogP contribution < -0.4 is 5.32 Å². The van der Waals surface area contributed by atoms with Crippen LogP contribution in [0.15, 0.2) is 42.9 Å². The molecule has 1 fully saturated rings. The Balaban J connectivity index is 1.40. The molecule has 1 aliphatic heterocycles. The molecule has 6 nitrogen and oxygen atoms in total. The van der Waals surface area contributed by atoms with Gasteiger partial charge in [0, 0.05) is 31.4 Å². The van der Waals surface area contributed by atoms with Crippen molar-refractivity contribution in [2.75, 3.05) is 6.54 Å². The van der Waals surface area contributed by atoms with E-state index in [9.17, 15) is 9.59 Å². The summed E-state index contributed by atoms with van der Waals surface area (Å²) in [6, 6.07) is 8.37. The number of likely N-dealkylation sites (tertiary alicyclic amines) is 1. The molecule has 1 saturated heterocycles. The van der Waals surface area contributed by atoms with Gasteiger partial charge in [-0.1, -0.05) is 24.3 Å². The summed E-state index contributed by atoms with van der Waals surface area (Å²) in [7, 11) is 0. The first-order chi connectivity index (χ1) is 11.7. The quantitative estimate of drug-likeness (QED) is 0.914. The minimum atomic E-state index is -0.280. The summed E-state index contributed by atoms with van der Waals surface area (Å²) in [4.78, 5) is 34.4. The zero-order valence-corrected chi connectivity index (χ0v) is 13.2. The van der Waals surface area contributed by atoms with Crippen LogP contribution >= 0.6 is 0 Å². The van der Waals surface area contributed by atoms with Crippen molar-refractivity contribution < 1.29 is 9.59 Å². The lowest BCUT2D eigenvalue weighted by molar-refractivity contribution is -0.129. The van der Waals surface area contributed by atoms with Crippen molar-refractivity contribution in [2.45, 2.75) is 31.3 Å². The summed E-state index contributed by atoms with van der Waals surface area (Å²) >= 11 is 0. The number of carbonyl (C=O) groups excluding carboxylic acids is 2. The molecule has 1 aromatic heterocycles. The van der Waals surface area contributed by atoms with E-state index in [4.69, 9.17) is 0 Å². The highest BCUT2D eigenvalue weighted by Gasteiger charge is 2.37. The molecule has 2 heterocycles. The van der Waals surface area contributed by atoms with Gasteiger partial charge in [0.25, 0.3) is 5.91 Å². The van der Waals surface area contributed by atoms with Crippen LogP contribution in [0.3, 0.4) is 0 Å². The Hall–Kier alpha value is -2.76. The van der Waals surface area contributed by atoms with Crippen LogP contribution in [0.4, 0.5) is 0 Å². The lowest BCUT2D eigenvalue weighted by atomic mass is 10.1. The molecule has 0 radical (unpaired) electrons. The number of nitrogens with one attached hydrogen (secondary N) is 1. The largest absolute Gasteiger partial charge is 0.346 e. The summed E-state index contributed by atoms with van der Waals surface area (Å²) in [5, 5.41) is 2.90. The van der Waals surface area contributed by atoms with Gasteiger partial charge in [0.05, 0.1) is 12.2 Å². The van der Waals surface area contributed by atoms with Crippen molar-refractivity contribution in [1.82, 2.24) is 20.2 Å². The molecule has 2 amide bonds. The maximum absolute atomic E-state index is 12.4. The van der Waals surface area contributed by atoms with Gasteiger partial charge in [-0.3, -0.25) is 14.6 Å². The molecule has 1 N–H and O–H groups in total. The first kappa shape index (κ1) is 14.8. The Bertz CT molecular complexity index is 753. The second kappa shape index (κ2) is 6.03. The zero-order chi connectivity index (χ0) is 16.5. The first-order valence-electron chi connectivity index (χ1n) is 8.14. The first-order valence-corrected chi connectivity index (χ1v) is 8.14. The van der Waals surface area contributed by atoms with Crippen LogP contribution in [0.5, 0.6) is 0 Å². The number of nitrogens with zero attached hydrogens (tertiary/aromatic N) is 3. The fraction of sp³-hybridized carbons (Fsp3) is 0.333. The number of amides is 2. The van der Waals surface area contributed by atoms with E-state index in [0.29, 0.717) is 13.0 Å². The van der Waals surface area contributed by atoms with E-state index in [1.807, 2.05) is 17.0 Å². The van der Waals surface area contributed by atoms with Crippen LogP contribution in [0.25, 0.3) is 0 Å². The van der Waals surface area contributed by atoms with Gasteiger partial charge in [0.15, 0.2) is 0 Å². The number of hydrogen-bond acceptors (Lipinski definition) is 4. The van der Waals surface area contributed by atoms with Crippen LogP contribution in [-0.2, 0) is 17.6 Å². The monoisotopic (exact) mass is 322 g/mol. The molecule has 0 spiro atoms. The smallest absolute Gasteiger partial charge is 0.271 e. The zero-order valence-electron chi connectivity index (χ0n) is 13.2. The van der Waals surface area contributed by atoms with Crippen LogP contribution in [-0.4, -0.2) is 45.3 Å². The number of rotatable bonds is 3. The molecule has 1 unspecified atom stereocenters. The molecule has 1 atom stereocenters. The third kappa shape index (κ3) is 2.75. The Morgan fingerprint density at radius 2 is 1.88 bits per heavy atom. The van der Waals surface area contributed by atoms with E-state index in [0.717, 1.165) is 12.8 Å². The molecule has 4 rings (SSSR count). The van der Waals surface area contributed by atoms with Crippen LogP contribution in [0.2, 0.25) is 0 Å². The minimum Gasteiger partial charge on any atom is -0.346 e. The predicted molar refractivity (Wildman–Crippen MR) is 87.3 cm³/mol. The fourth-order valence-corrected chi connectivity index (χ4v) is 3.61. The van der Waals surface area contributed by atoms with Gasteiger partial charge in [-0.2, -0.15) is 0 Å². The van der Waals surface area contributed by atoms with E-state index in [2.05, 4.69) is 27.4 Å². The van der Waals surface area contributed by atoms with Crippen molar-refractivity contribution in [3.05, 3.63) is 59.7 Å². The molecule has 0 saturated carbocycles. The van der Waals surface area contributed by atoms with Crippen molar-refractivity contribution in [1.29, 1.82) is 0 Å². The maximum Gasteiger partial charge on any atom is 0.271 e. The molecule has 1 aromatic carbocycles. The second-order valence-corrected chi connectivity index (χ2v) is 6.34. The van der Waals surface area contributed by atoms with Crippen LogP contribution in [0, 0.1) is 0 Å². The molecule has 1 aliphatic carbocycles. The second-order valence-electron chi connectivity index (χ2n) is 6.34. The van der Waals surface area contributed by atoms with Gasteiger partial charge in [-0.25, -0.2) is 4.98 Å². The third-order valence-electron chi connectivity index (χ3n) is 4.76. The highest BCUT2D eigenvalue weighted by molar-refractivity contribution is 5.93. The van der Waals surface area contributed by atoms with Gasteiger partial charge in [0.2, 0.25) is 5.91 Å². The van der Waals surface area contributed by atoms with Gasteiger partial charge >= 0.3 is 0 Å². The summed E-state index contributed by atoms with van der Waals surface area (Å²) in [6.07, 6.45) is 6.57. The Kier molecular flexibility index (Phi) is 3.72. The lowest BCUT2D eigenvalue weighted by Crippen LogP contribution is -2.41. The standard InChI is InChI=1S/C18H18N4O2/c23-17-9-14(21-18(24)16-10-19-5-6-20-16)11-22(17)15-7-12-3-1-2-4-13(12)8-15/h1-6,10,14-15H,7-9,11H2,(H,21,24). The minimum absolute atomic E-state index is 0.109. The lowest BCUT2D eigenvalue weighted by Gasteiger charge is -2.24. The highest BCUT2D eigenvalue weighted by atomic mass is 16.2. The molecule has 0 bridgehead atoms. The van der Waals surface area contributed by atoms with Crippen molar-refractivity contribution in [3.8, 4) is 0 Å². The van der Waals surface area contributed by atoms with Crippen LogP contribution in [0.1, 0.15) is 28.0 Å². The van der Waals surface area contributed by atoms with Gasteiger partial charge in [0.1, 0.15) is 5.69 Å². The molecule has 6 heteroatoms. The summed E-state index contributed by atoms with van der Waals surface area (Å²) in [5.74, 6) is -0.172. The molecule has 2 aliphatic rings. The topological polar surface area (TPSA) is 75.2 Å².